The Morgan fingerprint density at radius 3 is 2.85 bits per heavy atom. The first kappa shape index (κ1) is 19.2. The summed E-state index contributed by atoms with van der Waals surface area (Å²) in [5, 5.41) is 11.9. The molecule has 1 aromatic carbocycles. The lowest BCUT2D eigenvalue weighted by molar-refractivity contribution is -0.122. The molecule has 10 nitrogen and oxygen atoms in total. The molecular formula is C15H18N6O4S2. The Morgan fingerprint density at radius 1 is 1.41 bits per heavy atom. The molecule has 0 unspecified atom stereocenters. The lowest BCUT2D eigenvalue weighted by atomic mass is 10.2. The number of carbonyl (C=O) groups excluding carboxylic acids is 2. The van der Waals surface area contributed by atoms with Crippen molar-refractivity contribution >= 4 is 34.1 Å². The number of aromatic amines is 1. The Bertz CT molecular complexity index is 1040. The molecule has 0 atom stereocenters. The van der Waals surface area contributed by atoms with Crippen LogP contribution in [-0.2, 0) is 28.4 Å². The maximum Gasteiger partial charge on any atom is 0.251 e. The molecule has 1 aromatic heterocycles. The summed E-state index contributed by atoms with van der Waals surface area (Å²) in [5.74, 6) is -0.263. The average molecular weight is 410 g/mol. The lowest BCUT2D eigenvalue weighted by Gasteiger charge is -2.26. The molecule has 1 saturated heterocycles. The topological polar surface area (TPSA) is 129 Å². The number of nitrogens with one attached hydrogen (secondary N) is 3. The van der Waals surface area contributed by atoms with Crippen molar-refractivity contribution in [2.45, 2.75) is 11.4 Å². The van der Waals surface area contributed by atoms with E-state index in [2.05, 4.69) is 20.8 Å². The standard InChI is InChI=1S/C15H18N6O4S2/c1-20-12(18-19-15(20)26)8-17-14(23)10-3-2-4-11(7-10)27(24,25)21-6-5-16-13(22)9-21/h2-4,7H,5-6,8-9H2,1H3,(H,16,22)(H,17,23)(H,19,26). The maximum atomic E-state index is 12.7. The first-order valence-electron chi connectivity index (χ1n) is 8.04. The van der Waals surface area contributed by atoms with Crippen molar-refractivity contribution in [1.29, 1.82) is 0 Å². The van der Waals surface area contributed by atoms with Gasteiger partial charge in [0, 0.05) is 25.7 Å². The minimum atomic E-state index is -3.86. The summed E-state index contributed by atoms with van der Waals surface area (Å²) in [6.07, 6.45) is 0. The highest BCUT2D eigenvalue weighted by atomic mass is 32.2. The van der Waals surface area contributed by atoms with Crippen LogP contribution in [0.2, 0.25) is 0 Å². The van der Waals surface area contributed by atoms with Crippen molar-refractivity contribution < 1.29 is 18.0 Å². The van der Waals surface area contributed by atoms with Crippen LogP contribution in [0.15, 0.2) is 29.2 Å². The third-order valence-corrected chi connectivity index (χ3v) is 6.32. The van der Waals surface area contributed by atoms with Gasteiger partial charge in [-0.05, 0) is 30.4 Å². The number of nitrogens with zero attached hydrogens (tertiary/aromatic N) is 3. The van der Waals surface area contributed by atoms with Gasteiger partial charge in [-0.3, -0.25) is 14.7 Å². The fourth-order valence-electron chi connectivity index (χ4n) is 2.57. The molecular weight excluding hydrogens is 392 g/mol. The normalized spacial score (nSPS) is 15.4. The number of H-pyrrole nitrogens is 1. The van der Waals surface area contributed by atoms with Crippen LogP contribution in [0, 0.1) is 4.77 Å². The minimum absolute atomic E-state index is 0.0389. The van der Waals surface area contributed by atoms with Crippen molar-refractivity contribution in [2.24, 2.45) is 7.05 Å². The fraction of sp³-hybridized carbons (Fsp3) is 0.333. The minimum Gasteiger partial charge on any atom is -0.354 e. The highest BCUT2D eigenvalue weighted by molar-refractivity contribution is 7.89. The molecule has 1 aliphatic rings. The van der Waals surface area contributed by atoms with Gasteiger partial charge in [-0.2, -0.15) is 9.40 Å². The van der Waals surface area contributed by atoms with Crippen molar-refractivity contribution in [3.8, 4) is 0 Å². The van der Waals surface area contributed by atoms with Gasteiger partial charge in [0.2, 0.25) is 15.9 Å². The molecule has 0 aliphatic carbocycles. The summed E-state index contributed by atoms with van der Waals surface area (Å²) in [6.45, 7) is 0.330. The summed E-state index contributed by atoms with van der Waals surface area (Å²) in [7, 11) is -2.15. The zero-order chi connectivity index (χ0) is 19.6. The van der Waals surface area contributed by atoms with E-state index >= 15 is 0 Å². The smallest absolute Gasteiger partial charge is 0.251 e. The second-order valence-corrected chi connectivity index (χ2v) is 8.23. The number of aromatic nitrogens is 3. The summed E-state index contributed by atoms with van der Waals surface area (Å²) < 4.78 is 28.6. The Labute approximate surface area is 160 Å². The van der Waals surface area contributed by atoms with Crippen LogP contribution in [-0.4, -0.2) is 58.9 Å². The Balaban J connectivity index is 1.76. The fourth-order valence-corrected chi connectivity index (χ4v) is 4.16. The SMILES string of the molecule is Cn1c(CNC(=O)c2cccc(S(=O)(=O)N3CCNC(=O)C3)c2)n[nH]c1=S. The quantitative estimate of drug-likeness (QED) is 0.572. The van der Waals surface area contributed by atoms with Gasteiger partial charge < -0.3 is 15.2 Å². The van der Waals surface area contributed by atoms with Crippen LogP contribution >= 0.6 is 12.2 Å². The van der Waals surface area contributed by atoms with E-state index in [9.17, 15) is 18.0 Å². The van der Waals surface area contributed by atoms with Gasteiger partial charge in [0.15, 0.2) is 10.6 Å². The van der Waals surface area contributed by atoms with Gasteiger partial charge in [0.25, 0.3) is 5.91 Å². The van der Waals surface area contributed by atoms with Gasteiger partial charge in [-0.1, -0.05) is 6.07 Å². The number of piperazine rings is 1. The molecule has 3 rings (SSSR count). The molecule has 144 valence electrons. The molecule has 27 heavy (non-hydrogen) atoms. The summed E-state index contributed by atoms with van der Waals surface area (Å²) in [6, 6.07) is 5.69. The highest BCUT2D eigenvalue weighted by Gasteiger charge is 2.29. The van der Waals surface area contributed by atoms with Crippen LogP contribution < -0.4 is 10.6 Å². The van der Waals surface area contributed by atoms with Crippen molar-refractivity contribution in [3.05, 3.63) is 40.4 Å². The molecule has 0 saturated carbocycles. The number of hydrogen-bond acceptors (Lipinski definition) is 6. The first-order chi connectivity index (χ1) is 12.8. The van der Waals surface area contributed by atoms with E-state index in [-0.39, 0.29) is 42.5 Å². The molecule has 2 amide bonds. The van der Waals surface area contributed by atoms with Crippen LogP contribution in [0.4, 0.5) is 0 Å². The summed E-state index contributed by atoms with van der Waals surface area (Å²) >= 11 is 5.01. The zero-order valence-corrected chi connectivity index (χ0v) is 16.1. The number of carbonyl (C=O) groups is 2. The van der Waals surface area contributed by atoms with Crippen LogP contribution in [0.1, 0.15) is 16.2 Å². The Hall–Kier alpha value is -2.57. The maximum absolute atomic E-state index is 12.7. The van der Waals surface area contributed by atoms with Crippen LogP contribution in [0.5, 0.6) is 0 Å². The van der Waals surface area contributed by atoms with Crippen molar-refractivity contribution in [3.63, 3.8) is 0 Å². The number of sulfonamides is 1. The van der Waals surface area contributed by atoms with Crippen molar-refractivity contribution in [1.82, 2.24) is 29.7 Å². The van der Waals surface area contributed by atoms with E-state index in [1.54, 1.807) is 11.6 Å². The molecule has 3 N–H and O–H groups in total. The second-order valence-electron chi connectivity index (χ2n) is 5.90. The molecule has 1 fully saturated rings. The van der Waals surface area contributed by atoms with E-state index in [0.717, 1.165) is 4.31 Å². The predicted molar refractivity (Wildman–Crippen MR) is 97.8 cm³/mol. The molecule has 0 bridgehead atoms. The third-order valence-electron chi connectivity index (χ3n) is 4.12. The monoisotopic (exact) mass is 410 g/mol. The lowest BCUT2D eigenvalue weighted by Crippen LogP contribution is -2.49. The number of rotatable bonds is 5. The second kappa shape index (κ2) is 7.58. The summed E-state index contributed by atoms with van der Waals surface area (Å²) in [5.41, 5.74) is 0.189. The van der Waals surface area contributed by atoms with Gasteiger partial charge in [-0.15, -0.1) is 0 Å². The molecule has 0 spiro atoms. The molecule has 12 heteroatoms. The molecule has 0 radical (unpaired) electrons. The van der Waals surface area contributed by atoms with Gasteiger partial charge >= 0.3 is 0 Å². The number of hydrogen-bond donors (Lipinski definition) is 3. The van der Waals surface area contributed by atoms with E-state index < -0.39 is 15.9 Å². The molecule has 2 aromatic rings. The predicted octanol–water partition coefficient (Wildman–Crippen LogP) is -0.472. The molecule has 2 heterocycles. The van der Waals surface area contributed by atoms with Crippen LogP contribution in [0.25, 0.3) is 0 Å². The first-order valence-corrected chi connectivity index (χ1v) is 9.89. The van der Waals surface area contributed by atoms with E-state index in [1.165, 1.54) is 24.3 Å². The van der Waals surface area contributed by atoms with E-state index in [4.69, 9.17) is 12.2 Å². The van der Waals surface area contributed by atoms with E-state index in [0.29, 0.717) is 10.6 Å². The number of benzene rings is 1. The number of amides is 2. The van der Waals surface area contributed by atoms with E-state index in [1.807, 2.05) is 0 Å². The third kappa shape index (κ3) is 4.07. The summed E-state index contributed by atoms with van der Waals surface area (Å²) in [4.78, 5) is 23.8. The Kier molecular flexibility index (Phi) is 5.39. The largest absolute Gasteiger partial charge is 0.354 e. The molecule has 1 aliphatic heterocycles. The van der Waals surface area contributed by atoms with Gasteiger partial charge in [0.1, 0.15) is 0 Å². The Morgan fingerprint density at radius 2 is 2.19 bits per heavy atom. The highest BCUT2D eigenvalue weighted by Crippen LogP contribution is 2.18. The van der Waals surface area contributed by atoms with Gasteiger partial charge in [0.05, 0.1) is 18.0 Å². The van der Waals surface area contributed by atoms with Crippen molar-refractivity contribution in [2.75, 3.05) is 19.6 Å². The zero-order valence-electron chi connectivity index (χ0n) is 14.4. The van der Waals surface area contributed by atoms with Crippen LogP contribution in [0.3, 0.4) is 0 Å². The average Bonchev–Trinajstić information content (AvgIpc) is 2.98. The van der Waals surface area contributed by atoms with Gasteiger partial charge in [-0.25, -0.2) is 8.42 Å².